The summed E-state index contributed by atoms with van der Waals surface area (Å²) in [6.07, 6.45) is 4.13. The van der Waals surface area contributed by atoms with Crippen LogP contribution >= 0.6 is 0 Å². The third kappa shape index (κ3) is 2.05. The van der Waals surface area contributed by atoms with Crippen molar-refractivity contribution in [3.63, 3.8) is 0 Å². The Kier molecular flexibility index (Phi) is 2.70. The number of H-pyrrole nitrogens is 1. The van der Waals surface area contributed by atoms with Crippen molar-refractivity contribution in [1.82, 2.24) is 19.7 Å². The summed E-state index contributed by atoms with van der Waals surface area (Å²) in [5.41, 5.74) is 2.40. The summed E-state index contributed by atoms with van der Waals surface area (Å²) >= 11 is 0. The number of aromatic nitrogens is 3. The third-order valence-corrected chi connectivity index (χ3v) is 3.44. The maximum atomic E-state index is 12.3. The van der Waals surface area contributed by atoms with Gasteiger partial charge >= 0.3 is 0 Å². The fourth-order valence-electron chi connectivity index (χ4n) is 2.26. The Hall–Kier alpha value is -2.37. The molecule has 0 aliphatic carbocycles. The summed E-state index contributed by atoms with van der Waals surface area (Å²) in [5.74, 6) is -0.107. The number of fused-ring (bicyclic) bond motifs is 1. The van der Waals surface area contributed by atoms with Gasteiger partial charge in [0, 0.05) is 55.6 Å². The second-order valence-corrected chi connectivity index (χ2v) is 4.72. The first-order chi connectivity index (χ1) is 9.15. The highest BCUT2D eigenvalue weighted by atomic mass is 16.2. The Morgan fingerprint density at radius 3 is 3.11 bits per heavy atom. The first-order valence-corrected chi connectivity index (χ1v) is 6.12. The Morgan fingerprint density at radius 1 is 1.47 bits per heavy atom. The molecule has 0 unspecified atom stereocenters. The van der Waals surface area contributed by atoms with Crippen molar-refractivity contribution in [2.75, 3.05) is 6.54 Å². The highest BCUT2D eigenvalue weighted by Crippen LogP contribution is 2.17. The fourth-order valence-corrected chi connectivity index (χ4v) is 2.26. The second kappa shape index (κ2) is 4.38. The molecule has 3 heterocycles. The number of hydrogen-bond acceptors (Lipinski definition) is 3. The van der Waals surface area contributed by atoms with Gasteiger partial charge in [-0.05, 0) is 6.07 Å². The second-order valence-electron chi connectivity index (χ2n) is 4.72. The highest BCUT2D eigenvalue weighted by molar-refractivity contribution is 5.94. The van der Waals surface area contributed by atoms with E-state index in [1.54, 1.807) is 30.4 Å². The van der Waals surface area contributed by atoms with Crippen LogP contribution in [-0.2, 0) is 20.0 Å². The highest BCUT2D eigenvalue weighted by Gasteiger charge is 2.23. The summed E-state index contributed by atoms with van der Waals surface area (Å²) in [6, 6.07) is 3.06. The molecule has 2 aromatic heterocycles. The predicted molar refractivity (Wildman–Crippen MR) is 68.7 cm³/mol. The zero-order valence-corrected chi connectivity index (χ0v) is 10.6. The Morgan fingerprint density at radius 2 is 2.32 bits per heavy atom. The molecule has 1 aliphatic rings. The molecule has 0 bridgehead atoms. The number of hydrogen-bond donors (Lipinski definition) is 1. The number of amides is 1. The minimum Gasteiger partial charge on any atom is -0.334 e. The van der Waals surface area contributed by atoms with E-state index < -0.39 is 0 Å². The molecule has 0 aromatic carbocycles. The Balaban J connectivity index is 1.85. The van der Waals surface area contributed by atoms with E-state index in [-0.39, 0.29) is 11.5 Å². The first-order valence-electron chi connectivity index (χ1n) is 6.12. The number of rotatable bonds is 1. The number of aromatic amines is 1. The van der Waals surface area contributed by atoms with Crippen LogP contribution in [0.3, 0.4) is 0 Å². The van der Waals surface area contributed by atoms with Crippen LogP contribution in [-0.4, -0.2) is 32.1 Å². The summed E-state index contributed by atoms with van der Waals surface area (Å²) < 4.78 is 1.45. The van der Waals surface area contributed by atoms with Gasteiger partial charge in [0.05, 0.1) is 6.20 Å². The van der Waals surface area contributed by atoms with Gasteiger partial charge in [0.15, 0.2) is 0 Å². The van der Waals surface area contributed by atoms with Crippen LogP contribution in [0.5, 0.6) is 0 Å². The molecule has 98 valence electrons. The van der Waals surface area contributed by atoms with Gasteiger partial charge < -0.3 is 9.47 Å². The Labute approximate surface area is 109 Å². The van der Waals surface area contributed by atoms with E-state index in [0.717, 1.165) is 17.7 Å². The summed E-state index contributed by atoms with van der Waals surface area (Å²) in [5, 5.41) is 6.91. The average molecular weight is 258 g/mol. The van der Waals surface area contributed by atoms with Gasteiger partial charge in [-0.2, -0.15) is 5.10 Å². The van der Waals surface area contributed by atoms with Crippen molar-refractivity contribution in [3.05, 3.63) is 51.7 Å². The number of carbonyl (C=O) groups is 1. The van der Waals surface area contributed by atoms with Crippen molar-refractivity contribution in [3.8, 4) is 0 Å². The van der Waals surface area contributed by atoms with Crippen molar-refractivity contribution in [2.24, 2.45) is 7.05 Å². The molecule has 19 heavy (non-hydrogen) atoms. The lowest BCUT2D eigenvalue weighted by atomic mass is 10.1. The average Bonchev–Trinajstić information content (AvgIpc) is 2.88. The van der Waals surface area contributed by atoms with Gasteiger partial charge in [0.1, 0.15) is 0 Å². The molecule has 0 radical (unpaired) electrons. The standard InChI is InChI=1S/C13H14N4O2/c1-16-4-2-9(6-12(16)18)13(19)17-5-3-11-10(8-17)7-14-15-11/h2,4,6-7H,3,5,8H2,1H3,(H,14,15). The van der Waals surface area contributed by atoms with Gasteiger partial charge in [-0.3, -0.25) is 14.7 Å². The van der Waals surface area contributed by atoms with Crippen LogP contribution < -0.4 is 5.56 Å². The molecular weight excluding hydrogens is 244 g/mol. The first kappa shape index (κ1) is 11.7. The zero-order chi connectivity index (χ0) is 13.4. The van der Waals surface area contributed by atoms with Crippen molar-refractivity contribution >= 4 is 5.91 Å². The molecular formula is C13H14N4O2. The molecule has 1 aliphatic heterocycles. The van der Waals surface area contributed by atoms with Crippen LogP contribution in [0.2, 0.25) is 0 Å². The molecule has 6 nitrogen and oxygen atoms in total. The van der Waals surface area contributed by atoms with Crippen molar-refractivity contribution < 1.29 is 4.79 Å². The minimum atomic E-state index is -0.174. The van der Waals surface area contributed by atoms with Crippen LogP contribution in [0.1, 0.15) is 21.6 Å². The SMILES string of the molecule is Cn1ccc(C(=O)N2CCc3[nH]ncc3C2)cc1=O. The van der Waals surface area contributed by atoms with Crippen LogP contribution in [0.25, 0.3) is 0 Å². The number of carbonyl (C=O) groups excluding carboxylic acids is 1. The number of pyridine rings is 1. The van der Waals surface area contributed by atoms with Crippen LogP contribution in [0, 0.1) is 0 Å². The van der Waals surface area contributed by atoms with E-state index in [4.69, 9.17) is 0 Å². The molecule has 0 saturated heterocycles. The van der Waals surface area contributed by atoms with E-state index in [0.29, 0.717) is 18.7 Å². The molecule has 1 amide bonds. The third-order valence-electron chi connectivity index (χ3n) is 3.44. The molecule has 2 aromatic rings. The van der Waals surface area contributed by atoms with Crippen molar-refractivity contribution in [1.29, 1.82) is 0 Å². The summed E-state index contributed by atoms with van der Waals surface area (Å²) in [6.45, 7) is 1.18. The smallest absolute Gasteiger partial charge is 0.254 e. The number of aryl methyl sites for hydroxylation is 1. The minimum absolute atomic E-state index is 0.107. The monoisotopic (exact) mass is 258 g/mol. The summed E-state index contributed by atoms with van der Waals surface area (Å²) in [7, 11) is 1.66. The largest absolute Gasteiger partial charge is 0.334 e. The van der Waals surface area contributed by atoms with E-state index in [9.17, 15) is 9.59 Å². The quantitative estimate of drug-likeness (QED) is 0.800. The lowest BCUT2D eigenvalue weighted by Crippen LogP contribution is -2.36. The van der Waals surface area contributed by atoms with Crippen molar-refractivity contribution in [2.45, 2.75) is 13.0 Å². The van der Waals surface area contributed by atoms with Gasteiger partial charge in [-0.25, -0.2) is 0 Å². The van der Waals surface area contributed by atoms with Gasteiger partial charge in [-0.15, -0.1) is 0 Å². The Bertz CT molecular complexity index is 686. The zero-order valence-electron chi connectivity index (χ0n) is 10.6. The lowest BCUT2D eigenvalue weighted by Gasteiger charge is -2.26. The molecule has 0 spiro atoms. The molecule has 0 atom stereocenters. The lowest BCUT2D eigenvalue weighted by molar-refractivity contribution is 0.0734. The van der Waals surface area contributed by atoms with Gasteiger partial charge in [0.25, 0.3) is 11.5 Å². The van der Waals surface area contributed by atoms with Crippen LogP contribution in [0.15, 0.2) is 29.3 Å². The maximum absolute atomic E-state index is 12.3. The topological polar surface area (TPSA) is 71.0 Å². The molecule has 6 heteroatoms. The molecule has 1 N–H and O–H groups in total. The number of nitrogens with zero attached hydrogens (tertiary/aromatic N) is 3. The van der Waals surface area contributed by atoms with Crippen LogP contribution in [0.4, 0.5) is 0 Å². The van der Waals surface area contributed by atoms with E-state index in [1.807, 2.05) is 0 Å². The summed E-state index contributed by atoms with van der Waals surface area (Å²) in [4.78, 5) is 25.6. The normalized spacial score (nSPS) is 14.3. The fraction of sp³-hybridized carbons (Fsp3) is 0.308. The van der Waals surface area contributed by atoms with E-state index >= 15 is 0 Å². The molecule has 0 saturated carbocycles. The predicted octanol–water partition coefficient (Wildman–Crippen LogP) is 0.307. The molecule has 0 fully saturated rings. The van der Waals surface area contributed by atoms with Gasteiger partial charge in [0.2, 0.25) is 0 Å². The molecule has 3 rings (SSSR count). The van der Waals surface area contributed by atoms with Gasteiger partial charge in [-0.1, -0.05) is 0 Å². The number of nitrogens with one attached hydrogen (secondary N) is 1. The van der Waals surface area contributed by atoms with E-state index in [2.05, 4.69) is 10.2 Å². The van der Waals surface area contributed by atoms with E-state index in [1.165, 1.54) is 10.6 Å². The maximum Gasteiger partial charge on any atom is 0.254 e.